The first-order chi connectivity index (χ1) is 14.4. The van der Waals surface area contributed by atoms with Crippen LogP contribution in [0.5, 0.6) is 0 Å². The van der Waals surface area contributed by atoms with E-state index in [1.807, 2.05) is 60.9 Å². The monoisotopic (exact) mass is 404 g/mol. The molecule has 2 atom stereocenters. The molecule has 2 N–H and O–H groups in total. The van der Waals surface area contributed by atoms with E-state index in [0.717, 1.165) is 17.0 Å². The van der Waals surface area contributed by atoms with E-state index in [2.05, 4.69) is 0 Å². The number of aliphatic hydroxyl groups excluding tert-OH is 1. The number of carboxylic acid groups (broad SMARTS) is 1. The van der Waals surface area contributed by atoms with Crippen LogP contribution in [-0.4, -0.2) is 50.8 Å². The quantitative estimate of drug-likeness (QED) is 0.698. The molecule has 0 aliphatic carbocycles. The van der Waals surface area contributed by atoms with Crippen molar-refractivity contribution in [2.75, 3.05) is 13.1 Å². The summed E-state index contributed by atoms with van der Waals surface area (Å²) in [6.45, 7) is 4.46. The zero-order valence-electron chi connectivity index (χ0n) is 16.9. The molecule has 1 fully saturated rings. The lowest BCUT2D eigenvalue weighted by atomic mass is 9.96. The lowest BCUT2D eigenvalue weighted by Crippen LogP contribution is -2.29. The normalized spacial score (nSPS) is 18.6. The maximum absolute atomic E-state index is 13.2. The minimum Gasteiger partial charge on any atom is -0.478 e. The number of amides is 1. The molecule has 4 rings (SSSR count). The number of rotatable bonds is 4. The number of carbonyl (C=O) groups is 2. The van der Waals surface area contributed by atoms with Crippen molar-refractivity contribution in [2.45, 2.75) is 25.9 Å². The Bertz CT molecular complexity index is 1080. The van der Waals surface area contributed by atoms with Crippen LogP contribution in [-0.2, 0) is 0 Å². The van der Waals surface area contributed by atoms with Crippen LogP contribution >= 0.6 is 0 Å². The van der Waals surface area contributed by atoms with E-state index in [4.69, 9.17) is 0 Å². The number of aromatic carboxylic acids is 1. The second kappa shape index (κ2) is 7.80. The van der Waals surface area contributed by atoms with E-state index in [9.17, 15) is 19.8 Å². The van der Waals surface area contributed by atoms with E-state index in [1.54, 1.807) is 17.0 Å². The zero-order chi connectivity index (χ0) is 21.4. The highest BCUT2D eigenvalue weighted by Gasteiger charge is 2.35. The number of benzene rings is 2. The largest absolute Gasteiger partial charge is 0.478 e. The molecule has 1 aliphatic rings. The Labute approximate surface area is 175 Å². The third kappa shape index (κ3) is 3.50. The molecule has 0 radical (unpaired) electrons. The number of aryl methyl sites for hydroxylation is 2. The summed E-state index contributed by atoms with van der Waals surface area (Å²) in [7, 11) is 0. The minimum absolute atomic E-state index is 0.137. The molecule has 6 heteroatoms. The second-order valence-corrected chi connectivity index (χ2v) is 7.78. The lowest BCUT2D eigenvalue weighted by molar-refractivity contribution is 0.0694. The van der Waals surface area contributed by atoms with Crippen molar-refractivity contribution in [3.05, 3.63) is 88.7 Å². The number of carboxylic acids is 1. The van der Waals surface area contributed by atoms with Gasteiger partial charge in [-0.3, -0.25) is 4.79 Å². The Morgan fingerprint density at radius 1 is 0.933 bits per heavy atom. The molecule has 2 aromatic carbocycles. The maximum Gasteiger partial charge on any atom is 0.337 e. The highest BCUT2D eigenvalue weighted by molar-refractivity contribution is 5.98. The van der Waals surface area contributed by atoms with Gasteiger partial charge in [0.2, 0.25) is 0 Å². The average molecular weight is 404 g/mol. The number of aromatic nitrogens is 1. The van der Waals surface area contributed by atoms with Crippen LogP contribution in [0, 0.1) is 13.8 Å². The molecule has 154 valence electrons. The first kappa shape index (κ1) is 19.9. The van der Waals surface area contributed by atoms with Crippen LogP contribution in [0.2, 0.25) is 0 Å². The molecule has 1 saturated heterocycles. The topological polar surface area (TPSA) is 82.8 Å². The molecule has 6 nitrogen and oxygen atoms in total. The van der Waals surface area contributed by atoms with E-state index in [1.165, 1.54) is 6.07 Å². The van der Waals surface area contributed by atoms with Crippen molar-refractivity contribution in [3.8, 4) is 5.69 Å². The van der Waals surface area contributed by atoms with Gasteiger partial charge in [-0.05, 0) is 49.7 Å². The molecule has 0 spiro atoms. The van der Waals surface area contributed by atoms with E-state index < -0.39 is 12.1 Å². The third-order valence-corrected chi connectivity index (χ3v) is 5.79. The molecular formula is C24H24N2O4. The molecule has 1 aromatic heterocycles. The summed E-state index contributed by atoms with van der Waals surface area (Å²) >= 11 is 0. The van der Waals surface area contributed by atoms with Crippen molar-refractivity contribution in [2.24, 2.45) is 0 Å². The predicted octanol–water partition coefficient (Wildman–Crippen LogP) is 3.39. The van der Waals surface area contributed by atoms with Gasteiger partial charge in [-0.25, -0.2) is 4.79 Å². The van der Waals surface area contributed by atoms with Gasteiger partial charge in [-0.2, -0.15) is 0 Å². The van der Waals surface area contributed by atoms with Gasteiger partial charge in [0.15, 0.2) is 0 Å². The fourth-order valence-electron chi connectivity index (χ4n) is 4.24. The average Bonchev–Trinajstić information content (AvgIpc) is 3.29. The Hall–Kier alpha value is -3.38. The van der Waals surface area contributed by atoms with Crippen LogP contribution in [0.15, 0.2) is 60.7 Å². The van der Waals surface area contributed by atoms with Crippen molar-refractivity contribution in [3.63, 3.8) is 0 Å². The minimum atomic E-state index is -1.04. The number of likely N-dealkylation sites (tertiary alicyclic amines) is 1. The highest BCUT2D eigenvalue weighted by atomic mass is 16.4. The summed E-state index contributed by atoms with van der Waals surface area (Å²) in [6.07, 6.45) is -0.636. The standard InChI is InChI=1S/C24H24N2O4/c1-15-8-9-16(2)26(15)21-12-18(10-11-19(21)24(29)30)23(28)25-13-20(22(27)14-25)17-6-4-3-5-7-17/h3-12,20,22,27H,13-14H2,1-2H3,(H,29,30)/t20?,22-/m0/s1. The molecule has 3 aromatic rings. The van der Waals surface area contributed by atoms with E-state index in [-0.39, 0.29) is 23.9 Å². The SMILES string of the molecule is Cc1ccc(C)n1-c1cc(C(=O)N2CC(c3ccccc3)[C@@H](O)C2)ccc1C(=O)O. The van der Waals surface area contributed by atoms with Crippen molar-refractivity contribution >= 4 is 11.9 Å². The van der Waals surface area contributed by atoms with Crippen molar-refractivity contribution in [1.82, 2.24) is 9.47 Å². The van der Waals surface area contributed by atoms with Gasteiger partial charge >= 0.3 is 5.97 Å². The van der Waals surface area contributed by atoms with E-state index in [0.29, 0.717) is 17.8 Å². The number of hydrogen-bond acceptors (Lipinski definition) is 3. The van der Waals surface area contributed by atoms with Gasteiger partial charge in [-0.15, -0.1) is 0 Å². The van der Waals surface area contributed by atoms with Gasteiger partial charge in [0.1, 0.15) is 0 Å². The van der Waals surface area contributed by atoms with Gasteiger partial charge in [0.05, 0.1) is 17.4 Å². The summed E-state index contributed by atoms with van der Waals surface area (Å²) in [5, 5.41) is 20.2. The fraction of sp³-hybridized carbons (Fsp3) is 0.250. The third-order valence-electron chi connectivity index (χ3n) is 5.79. The Morgan fingerprint density at radius 3 is 2.23 bits per heavy atom. The molecule has 1 unspecified atom stereocenters. The van der Waals surface area contributed by atoms with Crippen LogP contribution in [0.3, 0.4) is 0 Å². The second-order valence-electron chi connectivity index (χ2n) is 7.78. The first-order valence-corrected chi connectivity index (χ1v) is 9.91. The molecule has 0 bridgehead atoms. The summed E-state index contributed by atoms with van der Waals surface area (Å²) in [4.78, 5) is 26.6. The Kier molecular flexibility index (Phi) is 5.18. The summed E-state index contributed by atoms with van der Waals surface area (Å²) in [5.41, 5.74) is 3.79. The number of nitrogens with zero attached hydrogens (tertiary/aromatic N) is 2. The maximum atomic E-state index is 13.2. The number of carbonyl (C=O) groups excluding carboxylic acids is 1. The lowest BCUT2D eigenvalue weighted by Gasteiger charge is -2.19. The van der Waals surface area contributed by atoms with Crippen molar-refractivity contribution < 1.29 is 19.8 Å². The zero-order valence-corrected chi connectivity index (χ0v) is 16.9. The van der Waals surface area contributed by atoms with Crippen molar-refractivity contribution in [1.29, 1.82) is 0 Å². The van der Waals surface area contributed by atoms with Crippen LogP contribution in [0.4, 0.5) is 0 Å². The van der Waals surface area contributed by atoms with Gasteiger partial charge in [-0.1, -0.05) is 30.3 Å². The number of hydrogen-bond donors (Lipinski definition) is 2. The molecule has 0 saturated carbocycles. The smallest absolute Gasteiger partial charge is 0.337 e. The number of aliphatic hydroxyl groups is 1. The number of β-amino-alcohol motifs (C(OH)–C–C–N with tert-alkyl or cyclic N) is 1. The van der Waals surface area contributed by atoms with Crippen LogP contribution in [0.25, 0.3) is 5.69 Å². The van der Waals surface area contributed by atoms with Crippen LogP contribution in [0.1, 0.15) is 43.6 Å². The predicted molar refractivity (Wildman–Crippen MR) is 113 cm³/mol. The molecule has 1 amide bonds. The molecular weight excluding hydrogens is 380 g/mol. The van der Waals surface area contributed by atoms with Gasteiger partial charge < -0.3 is 19.7 Å². The summed E-state index contributed by atoms with van der Waals surface area (Å²) < 4.78 is 1.84. The summed E-state index contributed by atoms with van der Waals surface area (Å²) in [5.74, 6) is -1.40. The van der Waals surface area contributed by atoms with Gasteiger partial charge in [0.25, 0.3) is 5.91 Å². The molecule has 1 aliphatic heterocycles. The molecule has 30 heavy (non-hydrogen) atoms. The fourth-order valence-corrected chi connectivity index (χ4v) is 4.24. The first-order valence-electron chi connectivity index (χ1n) is 9.91. The molecule has 2 heterocycles. The van der Waals surface area contributed by atoms with Gasteiger partial charge in [0, 0.05) is 36.0 Å². The highest BCUT2D eigenvalue weighted by Crippen LogP contribution is 2.29. The summed E-state index contributed by atoms with van der Waals surface area (Å²) in [6, 6.07) is 18.2. The van der Waals surface area contributed by atoms with Crippen LogP contribution < -0.4 is 0 Å². The van der Waals surface area contributed by atoms with E-state index >= 15 is 0 Å². The Morgan fingerprint density at radius 2 is 1.60 bits per heavy atom. The Balaban J connectivity index is 1.67.